The number of nitrogens with one attached hydrogen (secondary N) is 1. The van der Waals surface area contributed by atoms with Gasteiger partial charge in [0.05, 0.1) is 31.3 Å². The molecular weight excluding hydrogens is 420 g/mol. The molecule has 2 aromatic heterocycles. The number of carbonyl (C=O) groups is 1. The third-order valence-corrected chi connectivity index (χ3v) is 5.67. The van der Waals surface area contributed by atoms with E-state index in [1.54, 1.807) is 43.0 Å². The number of amides is 1. The Morgan fingerprint density at radius 2 is 1.76 bits per heavy atom. The van der Waals surface area contributed by atoms with Crippen LogP contribution in [0, 0.1) is 13.8 Å². The number of rotatable bonds is 6. The van der Waals surface area contributed by atoms with Crippen LogP contribution in [0.2, 0.25) is 0 Å². The molecule has 1 unspecified atom stereocenters. The highest BCUT2D eigenvalue weighted by atomic mass is 16.5. The first kappa shape index (κ1) is 22.1. The second-order valence-corrected chi connectivity index (χ2v) is 7.80. The lowest BCUT2D eigenvalue weighted by atomic mass is 10.1. The topological polar surface area (TPSA) is 87.4 Å². The van der Waals surface area contributed by atoms with Crippen molar-refractivity contribution in [2.75, 3.05) is 19.5 Å². The largest absolute Gasteiger partial charge is 0.497 e. The molecule has 0 bridgehead atoms. The molecule has 2 aromatic carbocycles. The third kappa shape index (κ3) is 3.95. The van der Waals surface area contributed by atoms with Crippen molar-refractivity contribution in [1.82, 2.24) is 14.3 Å². The van der Waals surface area contributed by atoms with Crippen LogP contribution in [0.3, 0.4) is 0 Å². The number of fused-ring (bicyclic) bond motifs is 1. The predicted octanol–water partition coefficient (Wildman–Crippen LogP) is 4.02. The lowest BCUT2D eigenvalue weighted by molar-refractivity contribution is -0.118. The van der Waals surface area contributed by atoms with E-state index in [2.05, 4.69) is 10.4 Å². The quantitative estimate of drug-likeness (QED) is 0.483. The van der Waals surface area contributed by atoms with Gasteiger partial charge in [-0.1, -0.05) is 18.2 Å². The number of hydrogen-bond donors (Lipinski definition) is 1. The molecule has 8 nitrogen and oxygen atoms in total. The molecule has 170 valence electrons. The van der Waals surface area contributed by atoms with Crippen LogP contribution in [0.25, 0.3) is 16.7 Å². The van der Waals surface area contributed by atoms with E-state index in [9.17, 15) is 9.59 Å². The van der Waals surface area contributed by atoms with E-state index in [1.165, 1.54) is 11.7 Å². The van der Waals surface area contributed by atoms with Gasteiger partial charge < -0.3 is 14.8 Å². The number of aryl methyl sites for hydroxylation is 2. The summed E-state index contributed by atoms with van der Waals surface area (Å²) in [4.78, 5) is 26.4. The van der Waals surface area contributed by atoms with E-state index in [-0.39, 0.29) is 11.5 Å². The molecule has 1 N–H and O–H groups in total. The van der Waals surface area contributed by atoms with Gasteiger partial charge in [-0.25, -0.2) is 4.68 Å². The average molecular weight is 447 g/mol. The fourth-order valence-corrected chi connectivity index (χ4v) is 4.01. The molecule has 1 amide bonds. The fourth-order valence-electron chi connectivity index (χ4n) is 4.01. The molecule has 0 aliphatic carbocycles. The normalized spacial score (nSPS) is 11.9. The second kappa shape index (κ2) is 8.82. The Balaban J connectivity index is 1.83. The number of nitrogens with zero attached hydrogens (tertiary/aromatic N) is 3. The van der Waals surface area contributed by atoms with E-state index in [0.29, 0.717) is 22.8 Å². The maximum absolute atomic E-state index is 13.3. The summed E-state index contributed by atoms with van der Waals surface area (Å²) in [5.74, 6) is 0.710. The Labute approximate surface area is 191 Å². The number of hydrogen-bond acceptors (Lipinski definition) is 5. The number of para-hydroxylation sites is 1. The average Bonchev–Trinajstić information content (AvgIpc) is 3.17. The summed E-state index contributed by atoms with van der Waals surface area (Å²) in [6.07, 6.45) is 0. The third-order valence-electron chi connectivity index (χ3n) is 5.67. The maximum Gasteiger partial charge on any atom is 0.253 e. The Kier molecular flexibility index (Phi) is 5.91. The zero-order valence-corrected chi connectivity index (χ0v) is 19.2. The highest BCUT2D eigenvalue weighted by molar-refractivity contribution is 5.96. The van der Waals surface area contributed by atoms with Gasteiger partial charge in [0.1, 0.15) is 23.2 Å². The molecule has 1 atom stereocenters. The summed E-state index contributed by atoms with van der Waals surface area (Å²) in [5, 5.41) is 8.41. The first-order chi connectivity index (χ1) is 15.8. The molecule has 0 radical (unpaired) electrons. The van der Waals surface area contributed by atoms with Gasteiger partial charge in [0, 0.05) is 17.5 Å². The number of pyridine rings is 1. The predicted molar refractivity (Wildman–Crippen MR) is 128 cm³/mol. The number of methoxy groups -OCH3 is 2. The number of carbonyl (C=O) groups excluding carboxylic acids is 1. The Morgan fingerprint density at radius 3 is 2.42 bits per heavy atom. The minimum atomic E-state index is -0.814. The van der Waals surface area contributed by atoms with Crippen LogP contribution in [0.1, 0.15) is 24.2 Å². The van der Waals surface area contributed by atoms with E-state index >= 15 is 0 Å². The second-order valence-electron chi connectivity index (χ2n) is 7.80. The van der Waals surface area contributed by atoms with Gasteiger partial charge in [-0.2, -0.15) is 5.10 Å². The van der Waals surface area contributed by atoms with Gasteiger partial charge in [-0.15, -0.1) is 0 Å². The van der Waals surface area contributed by atoms with E-state index < -0.39 is 6.04 Å². The van der Waals surface area contributed by atoms with Crippen molar-refractivity contribution in [3.05, 3.63) is 76.2 Å². The SMILES string of the molecule is COc1ccc(NC(=O)C(C)n2c(=O)cc(C)c3c(C)nn(-c4ccccc4)c32)c(OC)c1. The Bertz CT molecular complexity index is 1390. The van der Waals surface area contributed by atoms with Gasteiger partial charge in [0.25, 0.3) is 5.56 Å². The Morgan fingerprint density at radius 1 is 1.03 bits per heavy atom. The van der Waals surface area contributed by atoms with Crippen LogP contribution in [0.4, 0.5) is 5.69 Å². The first-order valence-corrected chi connectivity index (χ1v) is 10.6. The van der Waals surface area contributed by atoms with Crippen LogP contribution in [0.5, 0.6) is 11.5 Å². The minimum Gasteiger partial charge on any atom is -0.497 e. The van der Waals surface area contributed by atoms with Crippen molar-refractivity contribution >= 4 is 22.6 Å². The molecule has 0 spiro atoms. The van der Waals surface area contributed by atoms with Crippen LogP contribution >= 0.6 is 0 Å². The summed E-state index contributed by atoms with van der Waals surface area (Å²) < 4.78 is 13.8. The summed E-state index contributed by atoms with van der Waals surface area (Å²) in [6.45, 7) is 5.47. The molecule has 4 rings (SSSR count). The molecule has 4 aromatic rings. The number of ether oxygens (including phenoxy) is 2. The van der Waals surface area contributed by atoms with Crippen molar-refractivity contribution in [3.8, 4) is 17.2 Å². The standard InChI is InChI=1S/C25H26N4O4/c1-15-13-22(30)28(25-23(15)16(2)27-29(25)18-9-7-6-8-10-18)17(3)24(31)26-20-12-11-19(32-4)14-21(20)33-5/h6-14,17H,1-5H3,(H,26,31). The van der Waals surface area contributed by atoms with Crippen molar-refractivity contribution in [3.63, 3.8) is 0 Å². The summed E-state index contributed by atoms with van der Waals surface area (Å²) in [7, 11) is 3.07. The van der Waals surface area contributed by atoms with E-state index in [4.69, 9.17) is 9.47 Å². The lowest BCUT2D eigenvalue weighted by Crippen LogP contribution is -2.32. The maximum atomic E-state index is 13.3. The number of benzene rings is 2. The summed E-state index contributed by atoms with van der Waals surface area (Å²) in [5.41, 5.74) is 3.19. The highest BCUT2D eigenvalue weighted by Crippen LogP contribution is 2.30. The van der Waals surface area contributed by atoms with Gasteiger partial charge >= 0.3 is 0 Å². The van der Waals surface area contributed by atoms with E-state index in [0.717, 1.165) is 22.3 Å². The molecule has 0 saturated heterocycles. The molecule has 0 fully saturated rings. The lowest BCUT2D eigenvalue weighted by Gasteiger charge is -2.19. The zero-order valence-electron chi connectivity index (χ0n) is 19.2. The molecular formula is C25H26N4O4. The van der Waals surface area contributed by atoms with E-state index in [1.807, 2.05) is 44.2 Å². The number of anilines is 1. The van der Waals surface area contributed by atoms with Gasteiger partial charge in [0.2, 0.25) is 5.91 Å². The zero-order chi connectivity index (χ0) is 23.7. The van der Waals surface area contributed by atoms with Gasteiger partial charge in [-0.3, -0.25) is 14.2 Å². The monoisotopic (exact) mass is 446 g/mol. The molecule has 0 saturated carbocycles. The molecule has 0 aliphatic heterocycles. The van der Waals surface area contributed by atoms with Gasteiger partial charge in [-0.05, 0) is 50.6 Å². The smallest absolute Gasteiger partial charge is 0.253 e. The van der Waals surface area contributed by atoms with Crippen molar-refractivity contribution in [1.29, 1.82) is 0 Å². The fraction of sp³-hybridized carbons (Fsp3) is 0.240. The van der Waals surface area contributed by atoms with Gasteiger partial charge in [0.15, 0.2) is 0 Å². The minimum absolute atomic E-state index is 0.276. The molecule has 33 heavy (non-hydrogen) atoms. The van der Waals surface area contributed by atoms with Crippen LogP contribution in [0.15, 0.2) is 59.4 Å². The Hall–Kier alpha value is -4.07. The van der Waals surface area contributed by atoms with Crippen LogP contribution in [-0.4, -0.2) is 34.5 Å². The van der Waals surface area contributed by atoms with Crippen molar-refractivity contribution < 1.29 is 14.3 Å². The number of aromatic nitrogens is 3. The summed E-state index contributed by atoms with van der Waals surface area (Å²) >= 11 is 0. The summed E-state index contributed by atoms with van der Waals surface area (Å²) in [6, 6.07) is 15.4. The van der Waals surface area contributed by atoms with Crippen molar-refractivity contribution in [2.45, 2.75) is 26.8 Å². The molecule has 0 aliphatic rings. The highest BCUT2D eigenvalue weighted by Gasteiger charge is 2.24. The van der Waals surface area contributed by atoms with Crippen LogP contribution in [-0.2, 0) is 4.79 Å². The molecule has 8 heteroatoms. The van der Waals surface area contributed by atoms with Crippen LogP contribution < -0.4 is 20.3 Å². The first-order valence-electron chi connectivity index (χ1n) is 10.6. The molecule has 2 heterocycles. The van der Waals surface area contributed by atoms with Crippen molar-refractivity contribution in [2.24, 2.45) is 0 Å².